The molecule has 302 valence electrons. The number of sulfonamides is 1. The van der Waals surface area contributed by atoms with Crippen LogP contribution in [0, 0.1) is 24.5 Å². The van der Waals surface area contributed by atoms with Crippen LogP contribution in [0.1, 0.15) is 109 Å². The summed E-state index contributed by atoms with van der Waals surface area (Å²) in [5.74, 6) is -4.15. The fourth-order valence-corrected chi connectivity index (χ4v) is 10.0. The summed E-state index contributed by atoms with van der Waals surface area (Å²) in [6, 6.07) is -0.0644. The molecule has 56 heavy (non-hydrogen) atoms. The number of carbonyl (C=O) groups excluding carboxylic acids is 4. The number of aromatic nitrogens is 1. The fourth-order valence-electron chi connectivity index (χ4n) is 8.73. The van der Waals surface area contributed by atoms with Gasteiger partial charge in [-0.3, -0.25) is 19.1 Å². The number of nitrogens with one attached hydrogen (secondary N) is 3. The van der Waals surface area contributed by atoms with Gasteiger partial charge in [0.2, 0.25) is 21.8 Å². The maximum absolute atomic E-state index is 14.7. The Kier molecular flexibility index (Phi) is 9.39. The molecule has 1 aromatic heterocycles. The number of ether oxygens (including phenoxy) is 2. The molecule has 4 fully saturated rings. The first-order chi connectivity index (χ1) is 26.5. The minimum Gasteiger partial charge on any atom is -0.483 e. The van der Waals surface area contributed by atoms with E-state index in [9.17, 15) is 36.4 Å². The Morgan fingerprint density at radius 3 is 2.46 bits per heavy atom. The third-order valence-electron chi connectivity index (χ3n) is 13.1. The van der Waals surface area contributed by atoms with Crippen LogP contribution >= 0.6 is 0 Å². The van der Waals surface area contributed by atoms with Gasteiger partial charge in [0.25, 0.3) is 5.91 Å². The molecule has 1 spiro atoms. The monoisotopic (exact) mass is 797 g/mol. The van der Waals surface area contributed by atoms with E-state index in [2.05, 4.69) is 20.3 Å². The topological polar surface area (TPSA) is 173 Å². The molecule has 6 aliphatic rings. The van der Waals surface area contributed by atoms with E-state index in [4.69, 9.17) is 9.47 Å². The molecule has 3 N–H and O–H groups in total. The molecular formula is C40H49F2N5O8S. The zero-order valence-corrected chi connectivity index (χ0v) is 32.8. The maximum atomic E-state index is 14.7. The number of amides is 4. The molecule has 4 amide bonds. The summed E-state index contributed by atoms with van der Waals surface area (Å²) in [6.45, 7) is 5.04. The molecule has 3 saturated carbocycles. The van der Waals surface area contributed by atoms with Gasteiger partial charge in [-0.15, -0.1) is 0 Å². The van der Waals surface area contributed by atoms with Gasteiger partial charge in [-0.2, -0.15) is 0 Å². The Morgan fingerprint density at radius 1 is 1.02 bits per heavy atom. The van der Waals surface area contributed by atoms with Crippen LogP contribution in [-0.4, -0.2) is 82.2 Å². The molecular weight excluding hydrogens is 749 g/mol. The van der Waals surface area contributed by atoms with Crippen LogP contribution in [0.15, 0.2) is 24.3 Å². The van der Waals surface area contributed by atoms with E-state index < -0.39 is 85.0 Å². The summed E-state index contributed by atoms with van der Waals surface area (Å²) >= 11 is 0. The highest BCUT2D eigenvalue weighted by Crippen LogP contribution is 2.47. The first-order valence-corrected chi connectivity index (χ1v) is 21.3. The average molecular weight is 798 g/mol. The zero-order chi connectivity index (χ0) is 39.8. The number of nitrogens with zero attached hydrogens (tertiary/aromatic N) is 2. The summed E-state index contributed by atoms with van der Waals surface area (Å²) < 4.78 is 68.8. The van der Waals surface area contributed by atoms with Crippen molar-refractivity contribution in [1.29, 1.82) is 0 Å². The third kappa shape index (κ3) is 6.89. The third-order valence-corrected chi connectivity index (χ3v) is 15.2. The van der Waals surface area contributed by atoms with Crippen LogP contribution in [-0.2, 0) is 35.6 Å². The lowest BCUT2D eigenvalue weighted by molar-refractivity contribution is -0.144. The first-order valence-electron chi connectivity index (χ1n) is 19.8. The normalized spacial score (nSPS) is 31.2. The second-order valence-corrected chi connectivity index (χ2v) is 19.5. The van der Waals surface area contributed by atoms with Crippen molar-refractivity contribution in [3.05, 3.63) is 47.2 Å². The number of benzene rings is 1. The minimum absolute atomic E-state index is 0.00306. The number of hydrogen-bond acceptors (Lipinski definition) is 9. The molecule has 1 aromatic carbocycles. The van der Waals surface area contributed by atoms with Crippen LogP contribution in [0.5, 0.6) is 5.75 Å². The lowest BCUT2D eigenvalue weighted by atomic mass is 9.65. The number of allylic oxidation sites excluding steroid dienone is 1. The van der Waals surface area contributed by atoms with Crippen molar-refractivity contribution >= 4 is 44.7 Å². The number of carbonyl (C=O) groups is 4. The standard InChI is InChI=1S/C40H49F2N5O8S/c1-23-32-25(26-19-27(41)28(42)20-30(26)43-23)12-13-39(54-32)21-31-33(48)45-40(35(50)46-56(52,53)38(3)17-18-38)14-11-24(40)9-7-5-4-6-8-10-29(34(49)47(31)22-39)44-36(51)55-37(2)15-16-37/h7,9,19-20,24,29,31H,4-6,8,10-18,21-22H2,1-3H3,(H,44,51)(H,45,48)(H,46,50)/b9-7-/t24-,29+,31+,39-,40-/m1/s1. The van der Waals surface area contributed by atoms with Crippen LogP contribution in [0.25, 0.3) is 10.9 Å². The minimum atomic E-state index is -4.04. The van der Waals surface area contributed by atoms with Crippen molar-refractivity contribution < 1.29 is 45.9 Å². The highest BCUT2D eigenvalue weighted by molar-refractivity contribution is 7.91. The summed E-state index contributed by atoms with van der Waals surface area (Å²) in [5.41, 5.74) is -1.96. The highest BCUT2D eigenvalue weighted by atomic mass is 32.2. The highest BCUT2D eigenvalue weighted by Gasteiger charge is 2.59. The molecule has 2 aromatic rings. The molecule has 13 nitrogen and oxygen atoms in total. The summed E-state index contributed by atoms with van der Waals surface area (Å²) in [6.07, 6.45) is 9.82. The van der Waals surface area contributed by atoms with Crippen LogP contribution < -0.4 is 20.1 Å². The van der Waals surface area contributed by atoms with E-state index >= 15 is 0 Å². The van der Waals surface area contributed by atoms with Gasteiger partial charge in [0.15, 0.2) is 11.6 Å². The van der Waals surface area contributed by atoms with Gasteiger partial charge >= 0.3 is 6.09 Å². The molecule has 0 unspecified atom stereocenters. The smallest absolute Gasteiger partial charge is 0.408 e. The largest absolute Gasteiger partial charge is 0.483 e. The summed E-state index contributed by atoms with van der Waals surface area (Å²) in [4.78, 5) is 62.7. The van der Waals surface area contributed by atoms with E-state index in [1.165, 1.54) is 4.90 Å². The molecule has 8 rings (SSSR count). The second-order valence-electron chi connectivity index (χ2n) is 17.4. The molecule has 0 radical (unpaired) electrons. The van der Waals surface area contributed by atoms with Crippen molar-refractivity contribution in [2.45, 2.75) is 144 Å². The fraction of sp³-hybridized carbons (Fsp3) is 0.625. The Labute approximate surface area is 324 Å². The average Bonchev–Trinajstić information content (AvgIpc) is 4.03. The van der Waals surface area contributed by atoms with Gasteiger partial charge in [-0.25, -0.2) is 27.0 Å². The van der Waals surface area contributed by atoms with Crippen molar-refractivity contribution in [1.82, 2.24) is 25.2 Å². The van der Waals surface area contributed by atoms with Gasteiger partial charge in [-0.1, -0.05) is 25.0 Å². The van der Waals surface area contributed by atoms with Crippen molar-refractivity contribution in [2.24, 2.45) is 5.92 Å². The van der Waals surface area contributed by atoms with Crippen molar-refractivity contribution in [2.75, 3.05) is 6.54 Å². The Hall–Kier alpha value is -4.34. The van der Waals surface area contributed by atoms with Gasteiger partial charge in [-0.05, 0) is 97.5 Å². The number of pyridine rings is 1. The van der Waals surface area contributed by atoms with Crippen molar-refractivity contribution in [3.63, 3.8) is 0 Å². The lowest BCUT2D eigenvalue weighted by Crippen LogP contribution is -2.70. The van der Waals surface area contributed by atoms with Crippen molar-refractivity contribution in [3.8, 4) is 5.75 Å². The van der Waals surface area contributed by atoms with Gasteiger partial charge in [0.05, 0.1) is 22.5 Å². The Bertz CT molecular complexity index is 2160. The summed E-state index contributed by atoms with van der Waals surface area (Å²) in [5, 5.41) is 6.14. The first kappa shape index (κ1) is 38.5. The van der Waals surface area contributed by atoms with Gasteiger partial charge in [0, 0.05) is 29.4 Å². The molecule has 4 heterocycles. The predicted molar refractivity (Wildman–Crippen MR) is 200 cm³/mol. The Balaban J connectivity index is 1.15. The predicted octanol–water partition coefficient (Wildman–Crippen LogP) is 4.92. The lowest BCUT2D eigenvalue weighted by Gasteiger charge is -2.48. The number of aryl methyl sites for hydroxylation is 2. The molecule has 16 heteroatoms. The van der Waals surface area contributed by atoms with Crippen LogP contribution in [0.3, 0.4) is 0 Å². The maximum Gasteiger partial charge on any atom is 0.408 e. The quantitative estimate of drug-likeness (QED) is 0.355. The second kappa shape index (κ2) is 13.7. The molecule has 0 bridgehead atoms. The van der Waals surface area contributed by atoms with Crippen LogP contribution in [0.2, 0.25) is 0 Å². The van der Waals surface area contributed by atoms with E-state index in [0.717, 1.165) is 25.0 Å². The molecule has 5 atom stereocenters. The van der Waals surface area contributed by atoms with Gasteiger partial charge in [0.1, 0.15) is 34.6 Å². The van der Waals surface area contributed by atoms with Gasteiger partial charge < -0.3 is 25.0 Å². The van der Waals surface area contributed by atoms with E-state index in [1.54, 1.807) is 13.8 Å². The molecule has 3 aliphatic heterocycles. The number of fused-ring (bicyclic) bond motifs is 5. The number of rotatable bonds is 5. The molecule has 1 saturated heterocycles. The molecule has 3 aliphatic carbocycles. The zero-order valence-electron chi connectivity index (χ0n) is 32.0. The Morgan fingerprint density at radius 2 is 1.77 bits per heavy atom. The number of halogens is 2. The number of alkyl carbamates (subject to hydrolysis) is 1. The van der Waals surface area contributed by atoms with E-state index in [0.29, 0.717) is 86.6 Å². The van der Waals surface area contributed by atoms with E-state index in [1.807, 2.05) is 19.1 Å². The van der Waals surface area contributed by atoms with Crippen LogP contribution in [0.4, 0.5) is 13.6 Å². The summed E-state index contributed by atoms with van der Waals surface area (Å²) in [7, 11) is -4.04. The SMILES string of the molecule is Cc1nc2cc(F)c(F)cc2c2c1O[C@]1(CC2)C[C@H]2C(=O)N[C@]3(C(=O)NS(=O)(=O)C4(C)CC4)CC[C@H]3/C=C\CCCCC[C@H](NC(=O)OC3(C)CC3)C(=O)N2C1. The number of hydrogen-bond donors (Lipinski definition) is 3. The van der Waals surface area contributed by atoms with E-state index in [-0.39, 0.29) is 24.9 Å².